The normalized spacial score (nSPS) is 15.5. The highest BCUT2D eigenvalue weighted by atomic mass is 79.9. The van der Waals surface area contributed by atoms with E-state index in [1.807, 2.05) is 11.8 Å². The summed E-state index contributed by atoms with van der Waals surface area (Å²) in [5.74, 6) is 4.76. The second-order valence-corrected chi connectivity index (χ2v) is 6.73. The molecule has 0 atom stereocenters. The molecular formula is C12H18BrN3S. The summed E-state index contributed by atoms with van der Waals surface area (Å²) < 4.78 is 0.901. The Morgan fingerprint density at radius 3 is 2.71 bits per heavy atom. The summed E-state index contributed by atoms with van der Waals surface area (Å²) in [5, 5.41) is 0. The Balaban J connectivity index is 2.07. The Kier molecular flexibility index (Phi) is 4.31. The average molecular weight is 316 g/mol. The fourth-order valence-electron chi connectivity index (χ4n) is 1.61. The first kappa shape index (κ1) is 13.1. The lowest BCUT2D eigenvalue weighted by Gasteiger charge is -2.08. The van der Waals surface area contributed by atoms with Crippen molar-refractivity contribution in [1.82, 2.24) is 9.97 Å². The van der Waals surface area contributed by atoms with E-state index in [4.69, 9.17) is 5.73 Å². The maximum atomic E-state index is 5.91. The molecule has 0 spiro atoms. The van der Waals surface area contributed by atoms with Crippen LogP contribution in [0.25, 0.3) is 0 Å². The number of anilines is 1. The number of halogens is 1. The molecule has 1 aromatic heterocycles. The molecule has 0 amide bonds. The van der Waals surface area contributed by atoms with Crippen LogP contribution in [0.1, 0.15) is 44.1 Å². The van der Waals surface area contributed by atoms with Gasteiger partial charge in [0.15, 0.2) is 0 Å². The minimum Gasteiger partial charge on any atom is -0.383 e. The molecule has 1 saturated carbocycles. The van der Waals surface area contributed by atoms with Crippen molar-refractivity contribution in [3.63, 3.8) is 0 Å². The predicted molar refractivity (Wildman–Crippen MR) is 77.1 cm³/mol. The van der Waals surface area contributed by atoms with Gasteiger partial charge in [-0.05, 0) is 40.4 Å². The van der Waals surface area contributed by atoms with E-state index in [2.05, 4.69) is 39.7 Å². The van der Waals surface area contributed by atoms with Crippen LogP contribution in [0, 0.1) is 5.92 Å². The largest absolute Gasteiger partial charge is 0.383 e. The lowest BCUT2D eigenvalue weighted by Crippen LogP contribution is -2.04. The van der Waals surface area contributed by atoms with Gasteiger partial charge < -0.3 is 5.73 Å². The molecule has 0 aromatic carbocycles. The molecule has 3 nitrogen and oxygen atoms in total. The molecule has 2 rings (SSSR count). The summed E-state index contributed by atoms with van der Waals surface area (Å²) in [6.45, 7) is 4.44. The van der Waals surface area contributed by atoms with Crippen LogP contribution in [0.4, 0.5) is 5.82 Å². The molecule has 0 unspecified atom stereocenters. The Bertz CT molecular complexity index is 405. The Morgan fingerprint density at radius 1 is 1.41 bits per heavy atom. The maximum Gasteiger partial charge on any atom is 0.141 e. The van der Waals surface area contributed by atoms with Crippen LogP contribution < -0.4 is 5.73 Å². The van der Waals surface area contributed by atoms with Crippen molar-refractivity contribution in [2.75, 3.05) is 11.5 Å². The van der Waals surface area contributed by atoms with Gasteiger partial charge in [-0.3, -0.25) is 0 Å². The summed E-state index contributed by atoms with van der Waals surface area (Å²) in [6, 6.07) is 0. The van der Waals surface area contributed by atoms with Crippen LogP contribution in [-0.4, -0.2) is 15.7 Å². The van der Waals surface area contributed by atoms with Gasteiger partial charge in [-0.2, -0.15) is 11.8 Å². The minimum atomic E-state index is 0.585. The molecule has 1 fully saturated rings. The molecule has 0 radical (unpaired) electrons. The van der Waals surface area contributed by atoms with Crippen molar-refractivity contribution >= 4 is 33.5 Å². The molecule has 0 saturated heterocycles. The maximum absolute atomic E-state index is 5.91. The number of nitrogens with two attached hydrogens (primary N) is 1. The summed E-state index contributed by atoms with van der Waals surface area (Å²) >= 11 is 5.36. The Morgan fingerprint density at radius 2 is 2.12 bits per heavy atom. The van der Waals surface area contributed by atoms with Gasteiger partial charge in [-0.25, -0.2) is 9.97 Å². The van der Waals surface area contributed by atoms with Crippen LogP contribution >= 0.6 is 27.7 Å². The van der Waals surface area contributed by atoms with Crippen LogP contribution in [0.5, 0.6) is 0 Å². The van der Waals surface area contributed by atoms with Crippen LogP contribution in [0.2, 0.25) is 0 Å². The highest BCUT2D eigenvalue weighted by molar-refractivity contribution is 9.10. The second-order valence-electron chi connectivity index (χ2n) is 4.91. The molecule has 1 aliphatic carbocycles. The zero-order valence-corrected chi connectivity index (χ0v) is 12.6. The van der Waals surface area contributed by atoms with E-state index < -0.39 is 0 Å². The highest BCUT2D eigenvalue weighted by Gasteiger charge is 2.28. The van der Waals surface area contributed by atoms with E-state index in [1.54, 1.807) is 0 Å². The number of hydrogen-bond donors (Lipinski definition) is 1. The summed E-state index contributed by atoms with van der Waals surface area (Å²) in [7, 11) is 0. The number of nitrogens with zero attached hydrogens (tertiary/aromatic N) is 2. The third-order valence-electron chi connectivity index (χ3n) is 2.60. The molecule has 0 bridgehead atoms. The van der Waals surface area contributed by atoms with Crippen LogP contribution in [-0.2, 0) is 5.75 Å². The van der Waals surface area contributed by atoms with Gasteiger partial charge in [0.25, 0.3) is 0 Å². The quantitative estimate of drug-likeness (QED) is 0.902. The van der Waals surface area contributed by atoms with E-state index >= 15 is 0 Å². The van der Waals surface area contributed by atoms with Crippen molar-refractivity contribution in [2.45, 2.75) is 38.4 Å². The van der Waals surface area contributed by atoms with E-state index in [0.717, 1.165) is 27.5 Å². The fourth-order valence-corrected chi connectivity index (χ4v) is 3.01. The Labute approximate surface area is 115 Å². The van der Waals surface area contributed by atoms with E-state index in [1.165, 1.54) is 12.8 Å². The SMILES string of the molecule is CC(C)CSCc1nc(N)c(Br)c(C2CC2)n1. The Hall–Kier alpha value is -0.290. The first-order chi connectivity index (χ1) is 8.08. The average Bonchev–Trinajstić information content (AvgIpc) is 3.06. The first-order valence-corrected chi connectivity index (χ1v) is 7.92. The zero-order valence-electron chi connectivity index (χ0n) is 10.2. The summed E-state index contributed by atoms with van der Waals surface area (Å²) in [5.41, 5.74) is 7.02. The lowest BCUT2D eigenvalue weighted by atomic mass is 10.3. The minimum absolute atomic E-state index is 0.585. The standard InChI is InChI=1S/C12H18BrN3S/c1-7(2)5-17-6-9-15-11(8-3-4-8)10(13)12(14)16-9/h7-8H,3-6H2,1-2H3,(H2,14,15,16). The topological polar surface area (TPSA) is 51.8 Å². The molecule has 17 heavy (non-hydrogen) atoms. The second kappa shape index (κ2) is 5.57. The third kappa shape index (κ3) is 3.58. The van der Waals surface area contributed by atoms with E-state index in [0.29, 0.717) is 17.7 Å². The molecule has 1 aliphatic rings. The van der Waals surface area contributed by atoms with Gasteiger partial charge in [-0.15, -0.1) is 0 Å². The smallest absolute Gasteiger partial charge is 0.141 e. The van der Waals surface area contributed by atoms with E-state index in [9.17, 15) is 0 Å². The number of nitrogen functional groups attached to an aromatic ring is 1. The van der Waals surface area contributed by atoms with Gasteiger partial charge in [0, 0.05) is 5.92 Å². The van der Waals surface area contributed by atoms with Crippen LogP contribution in [0.15, 0.2) is 4.47 Å². The summed E-state index contributed by atoms with van der Waals surface area (Å²) in [6.07, 6.45) is 2.46. The number of thioether (sulfide) groups is 1. The van der Waals surface area contributed by atoms with Gasteiger partial charge in [0.05, 0.1) is 15.9 Å². The number of hydrogen-bond acceptors (Lipinski definition) is 4. The monoisotopic (exact) mass is 315 g/mol. The van der Waals surface area contributed by atoms with Gasteiger partial charge in [0.1, 0.15) is 11.6 Å². The van der Waals surface area contributed by atoms with Crippen molar-refractivity contribution in [3.8, 4) is 0 Å². The molecular weight excluding hydrogens is 298 g/mol. The van der Waals surface area contributed by atoms with Crippen molar-refractivity contribution < 1.29 is 0 Å². The zero-order chi connectivity index (χ0) is 12.4. The van der Waals surface area contributed by atoms with Crippen molar-refractivity contribution in [3.05, 3.63) is 16.0 Å². The highest BCUT2D eigenvalue weighted by Crippen LogP contribution is 2.43. The van der Waals surface area contributed by atoms with Gasteiger partial charge >= 0.3 is 0 Å². The third-order valence-corrected chi connectivity index (χ3v) is 4.77. The first-order valence-electron chi connectivity index (χ1n) is 5.97. The molecule has 5 heteroatoms. The van der Waals surface area contributed by atoms with Gasteiger partial charge in [0.2, 0.25) is 0 Å². The molecule has 1 aromatic rings. The number of rotatable bonds is 5. The molecule has 1 heterocycles. The predicted octanol–water partition coefficient (Wildman–Crippen LogP) is 3.59. The van der Waals surface area contributed by atoms with Crippen LogP contribution in [0.3, 0.4) is 0 Å². The molecule has 94 valence electrons. The lowest BCUT2D eigenvalue weighted by molar-refractivity contribution is 0.749. The molecule has 2 N–H and O–H groups in total. The molecule has 0 aliphatic heterocycles. The van der Waals surface area contributed by atoms with E-state index in [-0.39, 0.29) is 0 Å². The van der Waals surface area contributed by atoms with Gasteiger partial charge in [-0.1, -0.05) is 13.8 Å². The fraction of sp³-hybridized carbons (Fsp3) is 0.667. The van der Waals surface area contributed by atoms with Crippen molar-refractivity contribution in [2.24, 2.45) is 5.92 Å². The summed E-state index contributed by atoms with van der Waals surface area (Å²) in [4.78, 5) is 8.97. The van der Waals surface area contributed by atoms with Crippen molar-refractivity contribution in [1.29, 1.82) is 0 Å². The number of aromatic nitrogens is 2.